The average Bonchev–Trinajstić information content (AvgIpc) is 2.38. The number of benzene rings is 1. The Balaban J connectivity index is 1.96. The molecule has 1 aromatic carbocycles. The summed E-state index contributed by atoms with van der Waals surface area (Å²) in [7, 11) is 0. The molecule has 0 aliphatic heterocycles. The highest BCUT2D eigenvalue weighted by molar-refractivity contribution is 5.95. The molecule has 0 atom stereocenters. The minimum Gasteiger partial charge on any atom is -0.267 e. The van der Waals surface area contributed by atoms with E-state index in [0.717, 1.165) is 37.3 Å². The third kappa shape index (κ3) is 3.15. The molecule has 0 saturated heterocycles. The molecule has 0 spiro atoms. The summed E-state index contributed by atoms with van der Waals surface area (Å²) in [6.45, 7) is 2.22. The Labute approximate surface area is 106 Å². The molecule has 1 amide bonds. The number of hydrogen-bond acceptors (Lipinski definition) is 2. The predicted molar refractivity (Wildman–Crippen MR) is 68.9 cm³/mol. The number of carbonyl (C=O) groups excluding carboxylic acids is 1. The summed E-state index contributed by atoms with van der Waals surface area (Å²) in [4.78, 5) is 11.7. The van der Waals surface area contributed by atoms with Crippen LogP contribution in [0.1, 0.15) is 43.0 Å². The first-order valence-corrected chi connectivity index (χ1v) is 6.27. The molecule has 1 saturated carbocycles. The van der Waals surface area contributed by atoms with Gasteiger partial charge in [-0.1, -0.05) is 19.1 Å². The minimum absolute atomic E-state index is 0.0334. The highest BCUT2D eigenvalue weighted by atomic mass is 19.1. The molecule has 1 fully saturated rings. The van der Waals surface area contributed by atoms with Gasteiger partial charge in [0.1, 0.15) is 5.82 Å². The Kier molecular flexibility index (Phi) is 4.07. The molecule has 0 unspecified atom stereocenters. The number of hydrazone groups is 1. The van der Waals surface area contributed by atoms with Crippen molar-refractivity contribution in [2.45, 2.75) is 32.6 Å². The molecule has 96 valence electrons. The standard InChI is InChI=1S/C14H17FN2O/c1-10-6-8-11(9-7-10)16-17-14(18)12-4-2-3-5-13(12)15/h2-5,10H,6-9H2,1H3,(H,17,18). The van der Waals surface area contributed by atoms with E-state index >= 15 is 0 Å². The maximum atomic E-state index is 13.3. The van der Waals surface area contributed by atoms with Gasteiger partial charge in [0.2, 0.25) is 0 Å². The first-order valence-electron chi connectivity index (χ1n) is 6.27. The lowest BCUT2D eigenvalue weighted by molar-refractivity contribution is 0.0950. The largest absolute Gasteiger partial charge is 0.274 e. The Bertz CT molecular complexity index is 461. The van der Waals surface area contributed by atoms with Crippen molar-refractivity contribution in [3.8, 4) is 0 Å². The van der Waals surface area contributed by atoms with Crippen LogP contribution in [-0.4, -0.2) is 11.6 Å². The number of amides is 1. The van der Waals surface area contributed by atoms with Crippen molar-refractivity contribution in [1.82, 2.24) is 5.43 Å². The summed E-state index contributed by atoms with van der Waals surface area (Å²) in [6.07, 6.45) is 4.04. The van der Waals surface area contributed by atoms with Crippen LogP contribution >= 0.6 is 0 Å². The monoisotopic (exact) mass is 248 g/mol. The van der Waals surface area contributed by atoms with Crippen molar-refractivity contribution in [3.05, 3.63) is 35.6 Å². The number of rotatable bonds is 2. The van der Waals surface area contributed by atoms with E-state index in [1.807, 2.05) is 0 Å². The number of halogens is 1. The van der Waals surface area contributed by atoms with Gasteiger partial charge in [-0.25, -0.2) is 9.82 Å². The first-order chi connectivity index (χ1) is 8.66. The maximum absolute atomic E-state index is 13.3. The Morgan fingerprint density at radius 3 is 2.67 bits per heavy atom. The van der Waals surface area contributed by atoms with Crippen LogP contribution in [0, 0.1) is 11.7 Å². The molecular formula is C14H17FN2O. The fourth-order valence-electron chi connectivity index (χ4n) is 2.04. The minimum atomic E-state index is -0.521. The smallest absolute Gasteiger partial charge is 0.267 e. The van der Waals surface area contributed by atoms with E-state index in [-0.39, 0.29) is 5.56 Å². The fraction of sp³-hybridized carbons (Fsp3) is 0.429. The van der Waals surface area contributed by atoms with Gasteiger partial charge in [0, 0.05) is 5.71 Å². The number of nitrogens with zero attached hydrogens (tertiary/aromatic N) is 1. The Hall–Kier alpha value is -1.71. The molecule has 0 radical (unpaired) electrons. The summed E-state index contributed by atoms with van der Waals surface area (Å²) in [6, 6.07) is 5.91. The first kappa shape index (κ1) is 12.7. The van der Waals surface area contributed by atoms with Gasteiger partial charge in [0.05, 0.1) is 5.56 Å². The van der Waals surface area contributed by atoms with E-state index < -0.39 is 11.7 Å². The fourth-order valence-corrected chi connectivity index (χ4v) is 2.04. The van der Waals surface area contributed by atoms with E-state index in [9.17, 15) is 9.18 Å². The molecule has 4 heteroatoms. The molecule has 1 N–H and O–H groups in total. The zero-order valence-electron chi connectivity index (χ0n) is 10.4. The lowest BCUT2D eigenvalue weighted by atomic mass is 9.90. The van der Waals surface area contributed by atoms with Gasteiger partial charge in [-0.15, -0.1) is 0 Å². The second-order valence-corrected chi connectivity index (χ2v) is 4.78. The van der Waals surface area contributed by atoms with Crippen LogP contribution in [0.4, 0.5) is 4.39 Å². The molecule has 0 aromatic heterocycles. The van der Waals surface area contributed by atoms with E-state index in [1.165, 1.54) is 12.1 Å². The van der Waals surface area contributed by atoms with E-state index in [2.05, 4.69) is 17.5 Å². The lowest BCUT2D eigenvalue weighted by Gasteiger charge is -2.18. The summed E-state index contributed by atoms with van der Waals surface area (Å²) >= 11 is 0. The molecule has 2 rings (SSSR count). The zero-order chi connectivity index (χ0) is 13.0. The molecule has 1 aliphatic carbocycles. The number of carbonyl (C=O) groups is 1. The maximum Gasteiger partial charge on any atom is 0.274 e. The van der Waals surface area contributed by atoms with Crippen LogP contribution in [0.5, 0.6) is 0 Å². The van der Waals surface area contributed by atoms with Gasteiger partial charge in [0.15, 0.2) is 0 Å². The van der Waals surface area contributed by atoms with Crippen molar-refractivity contribution in [2.75, 3.05) is 0 Å². The second kappa shape index (κ2) is 5.76. The topological polar surface area (TPSA) is 41.5 Å². The van der Waals surface area contributed by atoms with E-state index in [4.69, 9.17) is 0 Å². The van der Waals surface area contributed by atoms with Gasteiger partial charge in [-0.3, -0.25) is 4.79 Å². The second-order valence-electron chi connectivity index (χ2n) is 4.78. The SMILES string of the molecule is CC1CCC(=NNC(=O)c2ccccc2F)CC1. The molecule has 1 aromatic rings. The summed E-state index contributed by atoms with van der Waals surface area (Å²) in [5, 5.41) is 4.09. The van der Waals surface area contributed by atoms with Crippen molar-refractivity contribution in [2.24, 2.45) is 11.0 Å². The average molecular weight is 248 g/mol. The van der Waals surface area contributed by atoms with Gasteiger partial charge in [-0.2, -0.15) is 5.10 Å². The van der Waals surface area contributed by atoms with Crippen LogP contribution < -0.4 is 5.43 Å². The Morgan fingerprint density at radius 1 is 1.33 bits per heavy atom. The van der Waals surface area contributed by atoms with Gasteiger partial charge in [0.25, 0.3) is 5.91 Å². The van der Waals surface area contributed by atoms with Crippen molar-refractivity contribution < 1.29 is 9.18 Å². The molecule has 0 heterocycles. The molecule has 0 bridgehead atoms. The summed E-state index contributed by atoms with van der Waals surface area (Å²) in [5.41, 5.74) is 3.46. The molecular weight excluding hydrogens is 231 g/mol. The Morgan fingerprint density at radius 2 is 2.00 bits per heavy atom. The van der Waals surface area contributed by atoms with Crippen LogP contribution in [0.3, 0.4) is 0 Å². The van der Waals surface area contributed by atoms with Crippen LogP contribution in [0.25, 0.3) is 0 Å². The molecule has 1 aliphatic rings. The van der Waals surface area contributed by atoms with Gasteiger partial charge < -0.3 is 0 Å². The quantitative estimate of drug-likeness (QED) is 0.803. The molecule has 18 heavy (non-hydrogen) atoms. The van der Waals surface area contributed by atoms with E-state index in [1.54, 1.807) is 12.1 Å². The van der Waals surface area contributed by atoms with Crippen LogP contribution in [-0.2, 0) is 0 Å². The van der Waals surface area contributed by atoms with Crippen LogP contribution in [0.2, 0.25) is 0 Å². The van der Waals surface area contributed by atoms with Crippen LogP contribution in [0.15, 0.2) is 29.4 Å². The van der Waals surface area contributed by atoms with Gasteiger partial charge >= 0.3 is 0 Å². The van der Waals surface area contributed by atoms with Gasteiger partial charge in [-0.05, 0) is 43.7 Å². The van der Waals surface area contributed by atoms with Crippen molar-refractivity contribution in [1.29, 1.82) is 0 Å². The lowest BCUT2D eigenvalue weighted by Crippen LogP contribution is -2.22. The normalized spacial score (nSPS) is 19.4. The van der Waals surface area contributed by atoms with E-state index in [0.29, 0.717) is 0 Å². The summed E-state index contributed by atoms with van der Waals surface area (Å²) in [5.74, 6) is -0.280. The third-order valence-electron chi connectivity index (χ3n) is 3.29. The number of nitrogens with one attached hydrogen (secondary N) is 1. The third-order valence-corrected chi connectivity index (χ3v) is 3.29. The highest BCUT2D eigenvalue weighted by Gasteiger charge is 2.14. The zero-order valence-corrected chi connectivity index (χ0v) is 10.4. The summed E-state index contributed by atoms with van der Waals surface area (Å²) < 4.78 is 13.3. The van der Waals surface area contributed by atoms with Crippen molar-refractivity contribution >= 4 is 11.6 Å². The number of hydrogen-bond donors (Lipinski definition) is 1. The molecule has 3 nitrogen and oxygen atoms in total. The highest BCUT2D eigenvalue weighted by Crippen LogP contribution is 2.21. The van der Waals surface area contributed by atoms with Crippen molar-refractivity contribution in [3.63, 3.8) is 0 Å². The predicted octanol–water partition coefficient (Wildman–Crippen LogP) is 3.12.